The van der Waals surface area contributed by atoms with E-state index in [-0.39, 0.29) is 27.2 Å². The van der Waals surface area contributed by atoms with E-state index in [1.807, 2.05) is 0 Å². The number of hydrogen-bond acceptors (Lipinski definition) is 8. The van der Waals surface area contributed by atoms with Gasteiger partial charge in [-0.05, 0) is 55.5 Å². The number of carbonyl (C=O) groups is 1. The average molecular weight is 540 g/mol. The molecule has 0 bridgehead atoms. The Labute approximate surface area is 208 Å². The Hall–Kier alpha value is -3.42. The number of hydrogen-bond donors (Lipinski definition) is 2. The quantitative estimate of drug-likeness (QED) is 0.421. The normalized spacial score (nSPS) is 12.5. The number of aromatic nitrogens is 2. The SMILES string of the molecule is COc1ccc(N([C@H](C)C(=O)Nc2ccc(S(=O)(=O)Nc3ncccn3)cc2)S(C)(=O)=O)cc1Cl. The highest BCUT2D eigenvalue weighted by Crippen LogP contribution is 2.31. The molecule has 0 aliphatic carbocycles. The van der Waals surface area contributed by atoms with Crippen LogP contribution in [0.1, 0.15) is 6.92 Å². The van der Waals surface area contributed by atoms with E-state index in [1.54, 1.807) is 6.07 Å². The number of sulfonamides is 2. The lowest BCUT2D eigenvalue weighted by atomic mass is 10.2. The molecular formula is C21H22ClN5O6S2. The van der Waals surface area contributed by atoms with Gasteiger partial charge < -0.3 is 10.1 Å². The standard InChI is InChI=1S/C21H22ClN5O6S2/c1-14(27(34(3,29)30)16-7-10-19(33-2)18(22)13-16)20(28)25-15-5-8-17(9-6-15)35(31,32)26-21-23-11-4-12-24-21/h4-14H,1-3H3,(H,25,28)(H,23,24,26)/t14-/m1/s1. The van der Waals surface area contributed by atoms with Crippen molar-refractivity contribution < 1.29 is 26.4 Å². The van der Waals surface area contributed by atoms with Crippen molar-refractivity contribution in [2.45, 2.75) is 17.9 Å². The summed E-state index contributed by atoms with van der Waals surface area (Å²) in [6, 6.07) is 10.0. The molecule has 0 fully saturated rings. The van der Waals surface area contributed by atoms with Crippen LogP contribution in [0.2, 0.25) is 5.02 Å². The molecule has 0 aliphatic rings. The second-order valence-corrected chi connectivity index (χ2v) is 11.2. The van der Waals surface area contributed by atoms with Crippen LogP contribution >= 0.6 is 11.6 Å². The molecule has 35 heavy (non-hydrogen) atoms. The molecule has 3 rings (SSSR count). The second kappa shape index (κ2) is 10.5. The van der Waals surface area contributed by atoms with E-state index in [1.165, 1.54) is 68.9 Å². The number of amides is 1. The average Bonchev–Trinajstić information content (AvgIpc) is 2.79. The van der Waals surface area contributed by atoms with Gasteiger partial charge in [-0.25, -0.2) is 31.5 Å². The van der Waals surface area contributed by atoms with Gasteiger partial charge in [0, 0.05) is 18.1 Å². The predicted molar refractivity (Wildman–Crippen MR) is 133 cm³/mol. The number of benzene rings is 2. The molecule has 1 heterocycles. The van der Waals surface area contributed by atoms with Gasteiger partial charge >= 0.3 is 0 Å². The Kier molecular flexibility index (Phi) is 7.83. The van der Waals surface area contributed by atoms with Crippen molar-refractivity contribution >= 4 is 54.9 Å². The Morgan fingerprint density at radius 2 is 1.69 bits per heavy atom. The smallest absolute Gasteiger partial charge is 0.264 e. The third-order valence-corrected chi connectivity index (χ3v) is 7.58. The predicted octanol–water partition coefficient (Wildman–Crippen LogP) is 2.73. The van der Waals surface area contributed by atoms with E-state index >= 15 is 0 Å². The van der Waals surface area contributed by atoms with Crippen LogP contribution in [-0.2, 0) is 24.8 Å². The van der Waals surface area contributed by atoms with Gasteiger partial charge in [-0.2, -0.15) is 0 Å². The summed E-state index contributed by atoms with van der Waals surface area (Å²) in [6.45, 7) is 1.41. The van der Waals surface area contributed by atoms with Gasteiger partial charge in [0.25, 0.3) is 10.0 Å². The Balaban J connectivity index is 1.78. The number of nitrogens with zero attached hydrogens (tertiary/aromatic N) is 3. The molecule has 0 unspecified atom stereocenters. The Morgan fingerprint density at radius 1 is 1.06 bits per heavy atom. The van der Waals surface area contributed by atoms with E-state index in [0.717, 1.165) is 10.6 Å². The molecule has 1 amide bonds. The fourth-order valence-electron chi connectivity index (χ4n) is 3.10. The van der Waals surface area contributed by atoms with Gasteiger partial charge in [-0.1, -0.05) is 11.6 Å². The number of ether oxygens (including phenoxy) is 1. The largest absolute Gasteiger partial charge is 0.495 e. The highest BCUT2D eigenvalue weighted by molar-refractivity contribution is 7.92. The zero-order chi connectivity index (χ0) is 25.8. The summed E-state index contributed by atoms with van der Waals surface area (Å²) >= 11 is 6.13. The highest BCUT2D eigenvalue weighted by Gasteiger charge is 2.30. The first kappa shape index (κ1) is 26.2. The molecule has 0 radical (unpaired) electrons. The fraction of sp³-hybridized carbons (Fsp3) is 0.190. The van der Waals surface area contributed by atoms with Crippen molar-refractivity contribution in [1.29, 1.82) is 0 Å². The number of methoxy groups -OCH3 is 1. The molecule has 0 saturated heterocycles. The monoisotopic (exact) mass is 539 g/mol. The Bertz CT molecular complexity index is 1420. The van der Waals surface area contributed by atoms with Crippen LogP contribution in [0.25, 0.3) is 0 Å². The number of rotatable bonds is 9. The molecular weight excluding hydrogens is 518 g/mol. The van der Waals surface area contributed by atoms with E-state index < -0.39 is 32.0 Å². The van der Waals surface area contributed by atoms with Crippen molar-refractivity contribution in [2.75, 3.05) is 27.7 Å². The van der Waals surface area contributed by atoms with Crippen molar-refractivity contribution in [3.05, 3.63) is 65.9 Å². The maximum atomic E-state index is 12.9. The van der Waals surface area contributed by atoms with Gasteiger partial charge in [0.05, 0.1) is 29.0 Å². The van der Waals surface area contributed by atoms with Crippen molar-refractivity contribution in [2.24, 2.45) is 0 Å². The lowest BCUT2D eigenvalue weighted by molar-refractivity contribution is -0.116. The zero-order valence-electron chi connectivity index (χ0n) is 18.8. The third kappa shape index (κ3) is 6.38. The lowest BCUT2D eigenvalue weighted by Gasteiger charge is -2.28. The van der Waals surface area contributed by atoms with Crippen LogP contribution in [0.3, 0.4) is 0 Å². The van der Waals surface area contributed by atoms with E-state index in [9.17, 15) is 21.6 Å². The van der Waals surface area contributed by atoms with Gasteiger partial charge in [0.15, 0.2) is 0 Å². The number of nitrogens with one attached hydrogen (secondary N) is 2. The molecule has 1 aromatic heterocycles. The maximum absolute atomic E-state index is 12.9. The molecule has 0 aliphatic heterocycles. The first-order chi connectivity index (χ1) is 16.4. The van der Waals surface area contributed by atoms with Gasteiger partial charge in [-0.3, -0.25) is 9.10 Å². The van der Waals surface area contributed by atoms with Crippen LogP contribution in [0.4, 0.5) is 17.3 Å². The number of halogens is 1. The van der Waals surface area contributed by atoms with Gasteiger partial charge in [0.2, 0.25) is 21.9 Å². The summed E-state index contributed by atoms with van der Waals surface area (Å²) in [6.07, 6.45) is 3.76. The summed E-state index contributed by atoms with van der Waals surface area (Å²) in [5, 5.41) is 2.77. The molecule has 3 aromatic rings. The maximum Gasteiger partial charge on any atom is 0.264 e. The summed E-state index contributed by atoms with van der Waals surface area (Å²) in [5.41, 5.74) is 0.439. The molecule has 11 nitrogen and oxygen atoms in total. The molecule has 0 saturated carbocycles. The summed E-state index contributed by atoms with van der Waals surface area (Å²) < 4.78 is 58.2. The molecule has 1 atom stereocenters. The molecule has 2 N–H and O–H groups in total. The van der Waals surface area contributed by atoms with Crippen LogP contribution in [0, 0.1) is 0 Å². The number of carbonyl (C=O) groups excluding carboxylic acids is 1. The molecule has 186 valence electrons. The van der Waals surface area contributed by atoms with Gasteiger partial charge in [-0.15, -0.1) is 0 Å². The van der Waals surface area contributed by atoms with Crippen molar-refractivity contribution in [3.63, 3.8) is 0 Å². The Morgan fingerprint density at radius 3 is 2.23 bits per heavy atom. The number of anilines is 3. The van der Waals surface area contributed by atoms with Crippen LogP contribution in [0.5, 0.6) is 5.75 Å². The van der Waals surface area contributed by atoms with Crippen LogP contribution < -0.4 is 19.1 Å². The van der Waals surface area contributed by atoms with E-state index in [0.29, 0.717) is 5.75 Å². The van der Waals surface area contributed by atoms with Crippen molar-refractivity contribution in [3.8, 4) is 5.75 Å². The highest BCUT2D eigenvalue weighted by atomic mass is 35.5. The van der Waals surface area contributed by atoms with Crippen LogP contribution in [0.15, 0.2) is 65.8 Å². The summed E-state index contributed by atoms with van der Waals surface area (Å²) in [7, 11) is -6.40. The van der Waals surface area contributed by atoms with E-state index in [2.05, 4.69) is 20.0 Å². The first-order valence-electron chi connectivity index (χ1n) is 9.96. The lowest BCUT2D eigenvalue weighted by Crippen LogP contribution is -2.45. The fourth-order valence-corrected chi connectivity index (χ4v) is 5.47. The van der Waals surface area contributed by atoms with Crippen LogP contribution in [-0.4, -0.2) is 52.1 Å². The third-order valence-electron chi connectivity index (χ3n) is 4.70. The summed E-state index contributed by atoms with van der Waals surface area (Å²) in [5.74, 6) is -0.378. The minimum absolute atomic E-state index is 0.0818. The first-order valence-corrected chi connectivity index (χ1v) is 13.7. The molecule has 2 aromatic carbocycles. The zero-order valence-corrected chi connectivity index (χ0v) is 21.2. The minimum Gasteiger partial charge on any atom is -0.495 e. The van der Waals surface area contributed by atoms with E-state index in [4.69, 9.17) is 16.3 Å². The minimum atomic E-state index is -3.95. The topological polar surface area (TPSA) is 148 Å². The molecule has 0 spiro atoms. The summed E-state index contributed by atoms with van der Waals surface area (Å²) in [4.78, 5) is 20.4. The molecule has 14 heteroatoms. The second-order valence-electron chi connectivity index (χ2n) is 7.25. The van der Waals surface area contributed by atoms with Crippen molar-refractivity contribution in [1.82, 2.24) is 9.97 Å². The van der Waals surface area contributed by atoms with Gasteiger partial charge in [0.1, 0.15) is 11.8 Å².